The SMILES string of the molecule is CCN1Cc2cc(NC3NCC4C(=O)N5C/C=C\CCCN6C(=O)COC7CCC(NC76)N5C4N3)ccc2C2(CC2)C1. The maximum atomic E-state index is 13.8. The van der Waals surface area contributed by atoms with Crippen LogP contribution in [0.4, 0.5) is 5.69 Å². The molecule has 1 aliphatic carbocycles. The van der Waals surface area contributed by atoms with Crippen LogP contribution < -0.4 is 21.3 Å². The van der Waals surface area contributed by atoms with E-state index in [-0.39, 0.29) is 55.2 Å². The number of hydrogen-bond donors (Lipinski definition) is 4. The maximum Gasteiger partial charge on any atom is 0.249 e. The van der Waals surface area contributed by atoms with Gasteiger partial charge >= 0.3 is 0 Å². The molecule has 4 saturated heterocycles. The van der Waals surface area contributed by atoms with E-state index < -0.39 is 0 Å². The van der Waals surface area contributed by atoms with E-state index in [4.69, 9.17) is 4.74 Å². The molecule has 1 aromatic carbocycles. The molecule has 1 aromatic rings. The van der Waals surface area contributed by atoms with Crippen LogP contribution in [0.5, 0.6) is 0 Å². The van der Waals surface area contributed by atoms with E-state index in [9.17, 15) is 9.59 Å². The van der Waals surface area contributed by atoms with E-state index in [0.717, 1.165) is 44.5 Å². The van der Waals surface area contributed by atoms with Crippen molar-refractivity contribution < 1.29 is 14.3 Å². The van der Waals surface area contributed by atoms with Gasteiger partial charge in [0.05, 0.1) is 30.9 Å². The average Bonchev–Trinajstić information content (AvgIpc) is 3.71. The molecule has 5 fully saturated rings. The van der Waals surface area contributed by atoms with Crippen LogP contribution in [0.1, 0.15) is 56.6 Å². The molecule has 6 heterocycles. The number of hydrogen-bond acceptors (Lipinski definition) is 9. The highest BCUT2D eigenvalue weighted by Crippen LogP contribution is 2.52. The highest BCUT2D eigenvalue weighted by molar-refractivity contribution is 5.82. The monoisotopic (exact) mass is 576 g/mol. The predicted molar refractivity (Wildman–Crippen MR) is 157 cm³/mol. The van der Waals surface area contributed by atoms with Gasteiger partial charge in [-0.1, -0.05) is 25.1 Å². The number of rotatable bonds is 3. The number of allylic oxidation sites excluding steroid dienone is 1. The number of benzene rings is 1. The van der Waals surface area contributed by atoms with E-state index in [2.05, 4.69) is 68.5 Å². The quantitative estimate of drug-likeness (QED) is 0.393. The minimum Gasteiger partial charge on any atom is -0.365 e. The molecule has 42 heavy (non-hydrogen) atoms. The van der Waals surface area contributed by atoms with Crippen molar-refractivity contribution >= 4 is 17.5 Å². The van der Waals surface area contributed by atoms with Crippen LogP contribution >= 0.6 is 0 Å². The Bertz CT molecular complexity index is 1270. The highest BCUT2D eigenvalue weighted by Gasteiger charge is 2.54. The van der Waals surface area contributed by atoms with Gasteiger partial charge in [-0.25, -0.2) is 0 Å². The van der Waals surface area contributed by atoms with Crippen LogP contribution in [-0.4, -0.2) is 102 Å². The fourth-order valence-electron chi connectivity index (χ4n) is 8.28. The van der Waals surface area contributed by atoms with Crippen molar-refractivity contribution in [2.45, 2.75) is 88.3 Å². The molecule has 0 radical (unpaired) electrons. The number of amides is 2. The second-order valence-corrected chi connectivity index (χ2v) is 13.2. The number of ether oxygens (including phenoxy) is 1. The van der Waals surface area contributed by atoms with E-state index in [0.29, 0.717) is 25.0 Å². The third-order valence-electron chi connectivity index (χ3n) is 10.7. The zero-order valence-corrected chi connectivity index (χ0v) is 24.6. The Morgan fingerprint density at radius 2 is 2.02 bits per heavy atom. The Morgan fingerprint density at radius 3 is 2.88 bits per heavy atom. The molecule has 2 bridgehead atoms. The predicted octanol–water partition coefficient (Wildman–Crippen LogP) is 1.06. The van der Waals surface area contributed by atoms with Crippen molar-refractivity contribution in [1.29, 1.82) is 0 Å². The summed E-state index contributed by atoms with van der Waals surface area (Å²) in [5, 5.41) is 18.9. The van der Waals surface area contributed by atoms with E-state index in [1.165, 1.54) is 30.5 Å². The van der Waals surface area contributed by atoms with Gasteiger partial charge in [0.1, 0.15) is 19.1 Å². The molecule has 6 unspecified atom stereocenters. The van der Waals surface area contributed by atoms with Gasteiger partial charge in [-0.3, -0.25) is 35.4 Å². The number of hydrazine groups is 1. The van der Waals surface area contributed by atoms with Gasteiger partial charge in [0.2, 0.25) is 11.8 Å². The minimum absolute atomic E-state index is 0.0159. The number of piperidine rings is 1. The van der Waals surface area contributed by atoms with Gasteiger partial charge in [0.15, 0.2) is 0 Å². The van der Waals surface area contributed by atoms with Crippen molar-refractivity contribution in [3.8, 4) is 0 Å². The fourth-order valence-corrected chi connectivity index (χ4v) is 8.28. The standard InChI is InChI=1S/C31H44N8O3/c1-2-36-17-20-15-21(7-8-23(20)31(19-36)11-12-31)33-30-32-16-22-27(35-30)39-25-10-9-24-28(34-25)37(26(40)18-42-24)13-5-3-4-6-14-38(39)29(22)41/h4,6-8,15,22,24-25,27-28,30,32-35H,2-3,5,9-14,16-19H2,1H3/b6-4-. The minimum atomic E-state index is -0.196. The Kier molecular flexibility index (Phi) is 6.80. The summed E-state index contributed by atoms with van der Waals surface area (Å²) in [6, 6.07) is 6.90. The summed E-state index contributed by atoms with van der Waals surface area (Å²) >= 11 is 0. The normalized spacial score (nSPS) is 36.9. The smallest absolute Gasteiger partial charge is 0.249 e. The molecule has 6 atom stereocenters. The van der Waals surface area contributed by atoms with Crippen LogP contribution in [0.3, 0.4) is 0 Å². The third kappa shape index (κ3) is 4.56. The van der Waals surface area contributed by atoms with Crippen LogP contribution in [0.15, 0.2) is 30.4 Å². The summed E-state index contributed by atoms with van der Waals surface area (Å²) in [6.07, 6.45) is 9.70. The Balaban J connectivity index is 1.04. The first kappa shape index (κ1) is 27.0. The first-order valence-electron chi connectivity index (χ1n) is 16.1. The topological polar surface area (TPSA) is 104 Å². The van der Waals surface area contributed by atoms with Crippen LogP contribution in [0.25, 0.3) is 0 Å². The number of nitrogens with one attached hydrogen (secondary N) is 4. The van der Waals surface area contributed by atoms with E-state index >= 15 is 0 Å². The number of anilines is 1. The fraction of sp³-hybridized carbons (Fsp3) is 0.677. The summed E-state index contributed by atoms with van der Waals surface area (Å²) in [4.78, 5) is 31.2. The average molecular weight is 577 g/mol. The molecule has 1 saturated carbocycles. The molecule has 11 heteroatoms. The highest BCUT2D eigenvalue weighted by atomic mass is 16.5. The van der Waals surface area contributed by atoms with Gasteiger partial charge in [-0.15, -0.1) is 0 Å². The van der Waals surface area contributed by atoms with Gasteiger partial charge < -0.3 is 15.0 Å². The van der Waals surface area contributed by atoms with Gasteiger partial charge in [-0.05, 0) is 68.3 Å². The van der Waals surface area contributed by atoms with E-state index in [1.54, 1.807) is 0 Å². The molecule has 2 amide bonds. The second-order valence-electron chi connectivity index (χ2n) is 13.2. The maximum absolute atomic E-state index is 13.8. The lowest BCUT2D eigenvalue weighted by molar-refractivity contribution is -0.176. The van der Waals surface area contributed by atoms with E-state index in [1.807, 2.05) is 9.91 Å². The van der Waals surface area contributed by atoms with Crippen molar-refractivity contribution in [3.05, 3.63) is 41.5 Å². The zero-order chi connectivity index (χ0) is 28.4. The van der Waals surface area contributed by atoms with Crippen LogP contribution in [0.2, 0.25) is 0 Å². The van der Waals surface area contributed by atoms with Crippen LogP contribution in [-0.2, 0) is 26.3 Å². The molecular formula is C31H44N8O3. The van der Waals surface area contributed by atoms with Crippen LogP contribution in [0, 0.1) is 5.92 Å². The molecule has 11 nitrogen and oxygen atoms in total. The summed E-state index contributed by atoms with van der Waals surface area (Å²) in [5.74, 6) is -0.0143. The van der Waals surface area contributed by atoms with Gasteiger partial charge in [0, 0.05) is 37.3 Å². The molecule has 4 N–H and O–H groups in total. The van der Waals surface area contributed by atoms with Crippen molar-refractivity contribution in [3.63, 3.8) is 0 Å². The summed E-state index contributed by atoms with van der Waals surface area (Å²) in [6.45, 7) is 7.54. The first-order valence-corrected chi connectivity index (χ1v) is 16.1. The Labute approximate surface area is 247 Å². The van der Waals surface area contributed by atoms with Crippen molar-refractivity contribution in [2.75, 3.05) is 44.6 Å². The summed E-state index contributed by atoms with van der Waals surface area (Å²) in [7, 11) is 0. The number of carbonyl (C=O) groups excluding carboxylic acids is 2. The number of likely N-dealkylation sites (N-methyl/N-ethyl adjacent to an activating group) is 1. The first-order chi connectivity index (χ1) is 20.5. The number of fused-ring (bicyclic) bond motifs is 7. The second kappa shape index (κ2) is 10.6. The van der Waals surface area contributed by atoms with Gasteiger partial charge in [0.25, 0.3) is 0 Å². The number of carbonyl (C=O) groups is 2. The lowest BCUT2D eigenvalue weighted by Crippen LogP contribution is -2.72. The number of nitrogens with zero attached hydrogens (tertiary/aromatic N) is 4. The molecule has 0 aromatic heterocycles. The lowest BCUT2D eigenvalue weighted by atomic mass is 9.86. The molecule has 6 aliphatic heterocycles. The van der Waals surface area contributed by atoms with Crippen molar-refractivity contribution in [2.24, 2.45) is 5.92 Å². The lowest BCUT2D eigenvalue weighted by Gasteiger charge is -2.50. The van der Waals surface area contributed by atoms with Crippen molar-refractivity contribution in [1.82, 2.24) is 35.8 Å². The summed E-state index contributed by atoms with van der Waals surface area (Å²) in [5.41, 5.74) is 4.43. The Hall–Kier alpha value is -2.54. The number of morpholine rings is 1. The molecule has 1 spiro atoms. The van der Waals surface area contributed by atoms with Gasteiger partial charge in [-0.2, -0.15) is 5.01 Å². The molecule has 7 aliphatic rings. The Morgan fingerprint density at radius 1 is 1.12 bits per heavy atom. The third-order valence-corrected chi connectivity index (χ3v) is 10.7. The molecule has 226 valence electrons. The largest absolute Gasteiger partial charge is 0.365 e. The molecular weight excluding hydrogens is 532 g/mol. The zero-order valence-electron chi connectivity index (χ0n) is 24.6. The summed E-state index contributed by atoms with van der Waals surface area (Å²) < 4.78 is 5.96. The molecule has 8 rings (SSSR count).